The highest BCUT2D eigenvalue weighted by atomic mass is 16.5. The lowest BCUT2D eigenvalue weighted by Gasteiger charge is -2.29. The number of ether oxygens (including phenoxy) is 1. The molecule has 36 heavy (non-hydrogen) atoms. The number of carbonyl (C=O) groups excluding carboxylic acids is 4. The molecule has 4 N–H and O–H groups in total. The van der Waals surface area contributed by atoms with Gasteiger partial charge in [-0.1, -0.05) is 12.1 Å². The third-order valence-corrected chi connectivity index (χ3v) is 6.36. The van der Waals surface area contributed by atoms with Crippen LogP contribution >= 0.6 is 0 Å². The normalized spacial score (nSPS) is 18.7. The highest BCUT2D eigenvalue weighted by Gasteiger charge is 2.53. The molecule has 2 aliphatic rings. The van der Waals surface area contributed by atoms with Crippen LogP contribution in [0.1, 0.15) is 34.2 Å². The first-order valence-electron chi connectivity index (χ1n) is 11.5. The maximum Gasteiger partial charge on any atom is 0.322 e. The molecule has 1 atom stereocenters. The molecule has 2 aromatic carbocycles. The van der Waals surface area contributed by atoms with Gasteiger partial charge in [-0.25, -0.2) is 9.59 Å². The SMILES string of the molecule is CCNC(=O)NCc1ccc2oc([C@]3(CN4Cc5ccc(OC)cc5C4=O)NC(=O)NC3=O)cc2c1. The summed E-state index contributed by atoms with van der Waals surface area (Å²) in [5.41, 5.74) is 1.02. The third-order valence-electron chi connectivity index (χ3n) is 6.36. The molecule has 186 valence electrons. The van der Waals surface area contributed by atoms with Gasteiger partial charge in [0.05, 0.1) is 13.7 Å². The Labute approximate surface area is 206 Å². The van der Waals surface area contributed by atoms with Crippen molar-refractivity contribution in [1.29, 1.82) is 0 Å². The van der Waals surface area contributed by atoms with Gasteiger partial charge in [0.2, 0.25) is 0 Å². The molecule has 6 amide bonds. The number of hydrogen-bond donors (Lipinski definition) is 4. The lowest BCUT2D eigenvalue weighted by Crippen LogP contribution is -2.52. The van der Waals surface area contributed by atoms with Crippen molar-refractivity contribution in [3.05, 3.63) is 64.9 Å². The van der Waals surface area contributed by atoms with Gasteiger partial charge < -0.3 is 30.0 Å². The summed E-state index contributed by atoms with van der Waals surface area (Å²) in [5.74, 6) is -0.116. The van der Waals surface area contributed by atoms with Crippen molar-refractivity contribution in [3.8, 4) is 5.75 Å². The van der Waals surface area contributed by atoms with E-state index in [1.54, 1.807) is 30.3 Å². The Morgan fingerprint density at radius 2 is 1.97 bits per heavy atom. The van der Waals surface area contributed by atoms with Crippen LogP contribution in [0.5, 0.6) is 5.75 Å². The van der Waals surface area contributed by atoms with Crippen LogP contribution in [0.2, 0.25) is 0 Å². The van der Waals surface area contributed by atoms with E-state index in [2.05, 4.69) is 21.3 Å². The first kappa shape index (κ1) is 23.2. The van der Waals surface area contributed by atoms with Crippen LogP contribution in [0.15, 0.2) is 46.9 Å². The second kappa shape index (κ2) is 8.91. The van der Waals surface area contributed by atoms with Crippen LogP contribution in [0.25, 0.3) is 11.0 Å². The number of hydrogen-bond acceptors (Lipinski definition) is 6. The summed E-state index contributed by atoms with van der Waals surface area (Å²) >= 11 is 0. The number of carbonyl (C=O) groups is 4. The van der Waals surface area contributed by atoms with Crippen molar-refractivity contribution in [1.82, 2.24) is 26.2 Å². The molecule has 0 aliphatic carbocycles. The van der Waals surface area contributed by atoms with Crippen molar-refractivity contribution in [2.75, 3.05) is 20.2 Å². The van der Waals surface area contributed by atoms with Crippen LogP contribution in [-0.4, -0.2) is 49.0 Å². The van der Waals surface area contributed by atoms with E-state index in [0.717, 1.165) is 11.1 Å². The molecule has 3 aromatic rings. The predicted molar refractivity (Wildman–Crippen MR) is 128 cm³/mol. The molecule has 0 spiro atoms. The largest absolute Gasteiger partial charge is 0.497 e. The number of urea groups is 2. The first-order chi connectivity index (χ1) is 17.3. The second-order valence-electron chi connectivity index (χ2n) is 8.69. The molecule has 0 saturated carbocycles. The summed E-state index contributed by atoms with van der Waals surface area (Å²) in [5, 5.41) is 11.1. The Morgan fingerprint density at radius 3 is 2.69 bits per heavy atom. The van der Waals surface area contributed by atoms with E-state index in [0.29, 0.717) is 35.4 Å². The molecule has 1 saturated heterocycles. The van der Waals surface area contributed by atoms with E-state index in [9.17, 15) is 19.2 Å². The molecule has 3 heterocycles. The summed E-state index contributed by atoms with van der Waals surface area (Å²) in [6, 6.07) is 11.3. The Balaban J connectivity index is 1.44. The minimum absolute atomic E-state index is 0.119. The number of imide groups is 1. The zero-order valence-corrected chi connectivity index (χ0v) is 19.8. The highest BCUT2D eigenvalue weighted by molar-refractivity contribution is 6.08. The summed E-state index contributed by atoms with van der Waals surface area (Å²) in [6.45, 7) is 2.81. The van der Waals surface area contributed by atoms with Crippen LogP contribution < -0.4 is 26.0 Å². The van der Waals surface area contributed by atoms with E-state index in [1.165, 1.54) is 12.0 Å². The van der Waals surface area contributed by atoms with Gasteiger partial charge in [0.25, 0.3) is 11.8 Å². The Kier molecular flexibility index (Phi) is 5.75. The van der Waals surface area contributed by atoms with E-state index in [4.69, 9.17) is 9.15 Å². The average molecular weight is 492 g/mol. The molecule has 0 unspecified atom stereocenters. The Hall–Kier alpha value is -4.54. The fourth-order valence-corrected chi connectivity index (χ4v) is 4.55. The predicted octanol–water partition coefficient (Wildman–Crippen LogP) is 1.95. The van der Waals surface area contributed by atoms with Gasteiger partial charge in [0.15, 0.2) is 5.54 Å². The van der Waals surface area contributed by atoms with Crippen LogP contribution in [0.3, 0.4) is 0 Å². The van der Waals surface area contributed by atoms with Crippen molar-refractivity contribution < 1.29 is 28.3 Å². The minimum Gasteiger partial charge on any atom is -0.497 e. The van der Waals surface area contributed by atoms with Gasteiger partial charge >= 0.3 is 12.1 Å². The second-order valence-corrected chi connectivity index (χ2v) is 8.69. The van der Waals surface area contributed by atoms with Crippen LogP contribution in [-0.2, 0) is 23.4 Å². The molecule has 0 radical (unpaired) electrons. The Morgan fingerprint density at radius 1 is 1.14 bits per heavy atom. The van der Waals surface area contributed by atoms with Crippen molar-refractivity contribution in [3.63, 3.8) is 0 Å². The summed E-state index contributed by atoms with van der Waals surface area (Å²) in [4.78, 5) is 51.7. The Bertz CT molecular complexity index is 1400. The number of nitrogens with one attached hydrogen (secondary N) is 4. The standard InChI is InChI=1S/C25H25N5O6/c1-3-26-23(33)27-11-14-4-7-19-16(8-14)9-20(36-19)25(22(32)28-24(34)29-25)13-30-12-15-5-6-17(35-2)10-18(15)21(30)31/h4-10H,3,11-13H2,1-2H3,(H2,26,27,33)(H2,28,29,32,34)/t25-/m0/s1. The summed E-state index contributed by atoms with van der Waals surface area (Å²) < 4.78 is 11.2. The van der Waals surface area contributed by atoms with Crippen LogP contribution in [0, 0.1) is 0 Å². The number of benzene rings is 2. The molecule has 5 rings (SSSR count). The average Bonchev–Trinajstić information content (AvgIpc) is 3.51. The zero-order valence-electron chi connectivity index (χ0n) is 19.8. The quantitative estimate of drug-likeness (QED) is 0.372. The fourth-order valence-electron chi connectivity index (χ4n) is 4.55. The lowest BCUT2D eigenvalue weighted by molar-refractivity contribution is -0.125. The molecule has 0 bridgehead atoms. The summed E-state index contributed by atoms with van der Waals surface area (Å²) in [6.07, 6.45) is 0. The molecular weight excluding hydrogens is 466 g/mol. The number of amides is 6. The molecule has 11 heteroatoms. The monoisotopic (exact) mass is 491 g/mol. The van der Waals surface area contributed by atoms with E-state index < -0.39 is 17.5 Å². The van der Waals surface area contributed by atoms with Gasteiger partial charge in [-0.15, -0.1) is 0 Å². The van der Waals surface area contributed by atoms with E-state index in [-0.39, 0.29) is 30.8 Å². The molecule has 2 aliphatic heterocycles. The van der Waals surface area contributed by atoms with Crippen molar-refractivity contribution in [2.24, 2.45) is 0 Å². The van der Waals surface area contributed by atoms with Crippen molar-refractivity contribution >= 4 is 34.8 Å². The topological polar surface area (TPSA) is 142 Å². The molecule has 1 fully saturated rings. The maximum absolute atomic E-state index is 13.2. The summed E-state index contributed by atoms with van der Waals surface area (Å²) in [7, 11) is 1.52. The smallest absolute Gasteiger partial charge is 0.322 e. The van der Waals surface area contributed by atoms with E-state index >= 15 is 0 Å². The van der Waals surface area contributed by atoms with Crippen LogP contribution in [0.4, 0.5) is 9.59 Å². The van der Waals surface area contributed by atoms with Gasteiger partial charge in [-0.05, 0) is 48.4 Å². The number of rotatable bonds is 7. The highest BCUT2D eigenvalue weighted by Crippen LogP contribution is 2.35. The van der Waals surface area contributed by atoms with Gasteiger partial charge in [0, 0.05) is 30.6 Å². The number of methoxy groups -OCH3 is 1. The number of nitrogens with zero attached hydrogens (tertiary/aromatic N) is 1. The number of fused-ring (bicyclic) bond motifs is 2. The maximum atomic E-state index is 13.2. The van der Waals surface area contributed by atoms with Gasteiger partial charge in [-0.2, -0.15) is 0 Å². The third kappa shape index (κ3) is 3.98. The number of furan rings is 1. The molecule has 11 nitrogen and oxygen atoms in total. The van der Waals surface area contributed by atoms with Crippen molar-refractivity contribution in [2.45, 2.75) is 25.6 Å². The van der Waals surface area contributed by atoms with Gasteiger partial charge in [0.1, 0.15) is 17.1 Å². The fraction of sp³-hybridized carbons (Fsp3) is 0.280. The zero-order chi connectivity index (χ0) is 25.4. The minimum atomic E-state index is -1.60. The van der Waals surface area contributed by atoms with Gasteiger partial charge in [-0.3, -0.25) is 14.9 Å². The molecular formula is C25H25N5O6. The van der Waals surface area contributed by atoms with E-state index in [1.807, 2.05) is 19.1 Å². The lowest BCUT2D eigenvalue weighted by atomic mass is 9.95. The first-order valence-corrected chi connectivity index (χ1v) is 11.5. The molecule has 1 aromatic heterocycles.